The van der Waals surface area contributed by atoms with Gasteiger partial charge in [-0.15, -0.1) is 16.0 Å². The summed E-state index contributed by atoms with van der Waals surface area (Å²) in [6.07, 6.45) is 4.27. The van der Waals surface area contributed by atoms with Crippen molar-refractivity contribution in [1.82, 2.24) is 0 Å². The number of rotatable bonds is 1. The van der Waals surface area contributed by atoms with E-state index in [0.717, 1.165) is 18.0 Å². The molecule has 2 aromatic rings. The third-order valence-electron chi connectivity index (χ3n) is 4.50. The first-order chi connectivity index (χ1) is 10.8. The Kier molecular flexibility index (Phi) is 5.13. The maximum absolute atomic E-state index is 6.25. The third-order valence-corrected chi connectivity index (χ3v) is 6.05. The lowest BCUT2D eigenvalue weighted by atomic mass is 9.79. The molecule has 120 valence electrons. The van der Waals surface area contributed by atoms with E-state index in [9.17, 15) is 0 Å². The van der Waals surface area contributed by atoms with Crippen LogP contribution in [0.25, 0.3) is 0 Å². The van der Waals surface area contributed by atoms with Crippen LogP contribution >= 0.6 is 23.1 Å². The predicted octanol–water partition coefficient (Wildman–Crippen LogP) is 0.464. The van der Waals surface area contributed by atoms with Gasteiger partial charge in [0.15, 0.2) is 6.04 Å². The van der Waals surface area contributed by atoms with Crippen molar-refractivity contribution >= 4 is 34.0 Å². The molecule has 0 bridgehead atoms. The fourth-order valence-electron chi connectivity index (χ4n) is 3.48. The summed E-state index contributed by atoms with van der Waals surface area (Å²) in [4.78, 5) is 1.35. The van der Waals surface area contributed by atoms with E-state index in [0.29, 0.717) is 5.92 Å². The summed E-state index contributed by atoms with van der Waals surface area (Å²) in [5, 5.41) is 7.85. The summed E-state index contributed by atoms with van der Waals surface area (Å²) < 4.78 is 2.04. The van der Waals surface area contributed by atoms with Crippen molar-refractivity contribution in [3.05, 3.63) is 57.8 Å². The Morgan fingerprint density at radius 1 is 1.30 bits per heavy atom. The van der Waals surface area contributed by atoms with Gasteiger partial charge in [-0.05, 0) is 47.9 Å². The monoisotopic (exact) mass is 455 g/mol. The molecule has 1 aliphatic heterocycles. The van der Waals surface area contributed by atoms with Crippen molar-refractivity contribution in [3.8, 4) is 0 Å². The highest BCUT2D eigenvalue weighted by molar-refractivity contribution is 8.12. The third kappa shape index (κ3) is 2.85. The fraction of sp³-hybridized carbons (Fsp3) is 0.294. The number of hydrazone groups is 1. The van der Waals surface area contributed by atoms with E-state index in [4.69, 9.17) is 10.8 Å². The molecular formula is C17H18IN3S2. The Labute approximate surface area is 161 Å². The minimum absolute atomic E-state index is 0. The molecule has 1 aromatic heterocycles. The predicted molar refractivity (Wildman–Crippen MR) is 94.8 cm³/mol. The number of thiophene rings is 1. The standard InChI is InChI=1S/C17H17N3S2.HI/c1-21-17(18)20-16(14-7-4-10-22-14)13-9-8-11-5-2-3-6-12(11)15(13)19-20;/h2-7,10,13,16,18H,8-9H2,1H3;1H/t13-,16+;/m1./s1. The van der Waals surface area contributed by atoms with E-state index in [-0.39, 0.29) is 30.0 Å². The Morgan fingerprint density at radius 2 is 2.13 bits per heavy atom. The number of hydrogen-bond acceptors (Lipinski definition) is 3. The normalized spacial score (nSPS) is 24.3. The average Bonchev–Trinajstić information content (AvgIpc) is 3.20. The zero-order valence-corrected chi connectivity index (χ0v) is 16.6. The van der Waals surface area contributed by atoms with Gasteiger partial charge < -0.3 is 24.0 Å². The molecule has 3 nitrogen and oxygen atoms in total. The first-order valence-corrected chi connectivity index (χ1v) is 9.56. The van der Waals surface area contributed by atoms with Crippen LogP contribution in [0.2, 0.25) is 0 Å². The van der Waals surface area contributed by atoms with E-state index >= 15 is 0 Å². The molecule has 1 aliphatic carbocycles. The number of fused-ring (bicyclic) bond motifs is 3. The van der Waals surface area contributed by atoms with Crippen molar-refractivity contribution in [1.29, 1.82) is 0 Å². The van der Waals surface area contributed by atoms with Crippen molar-refractivity contribution < 1.29 is 28.7 Å². The van der Waals surface area contributed by atoms with E-state index in [1.807, 2.05) is 10.9 Å². The summed E-state index contributed by atoms with van der Waals surface area (Å²) in [5.41, 5.74) is 10.2. The lowest BCUT2D eigenvalue weighted by molar-refractivity contribution is -0.570. The average molecular weight is 455 g/mol. The summed E-state index contributed by atoms with van der Waals surface area (Å²) in [7, 11) is 0. The SMILES string of the molecule is CS/C(N)=[N+]1/N=C2c3ccccc3CC[C@H]2[C@H]1c1cccs1.[I-]. The molecule has 2 aliphatic rings. The summed E-state index contributed by atoms with van der Waals surface area (Å²) in [6, 6.07) is 13.2. The van der Waals surface area contributed by atoms with Crippen LogP contribution in [0.15, 0.2) is 46.9 Å². The van der Waals surface area contributed by atoms with Crippen LogP contribution in [-0.2, 0) is 6.42 Å². The molecule has 2 atom stereocenters. The van der Waals surface area contributed by atoms with Crippen LogP contribution in [0, 0.1) is 5.92 Å². The quantitative estimate of drug-likeness (QED) is 0.386. The largest absolute Gasteiger partial charge is 1.00 e. The number of hydrogen-bond donors (Lipinski definition) is 1. The van der Waals surface area contributed by atoms with E-state index in [1.54, 1.807) is 23.1 Å². The van der Waals surface area contributed by atoms with Gasteiger partial charge in [-0.25, -0.2) is 0 Å². The first-order valence-electron chi connectivity index (χ1n) is 7.45. The topological polar surface area (TPSA) is 41.4 Å². The first kappa shape index (κ1) is 17.0. The number of thioether (sulfide) groups is 1. The fourth-order valence-corrected chi connectivity index (χ4v) is 4.69. The zero-order valence-electron chi connectivity index (χ0n) is 12.8. The number of halogens is 1. The molecule has 2 heterocycles. The van der Waals surface area contributed by atoms with E-state index in [1.165, 1.54) is 21.7 Å². The van der Waals surface area contributed by atoms with Crippen molar-refractivity contribution in [2.24, 2.45) is 16.8 Å². The zero-order chi connectivity index (χ0) is 15.1. The number of aryl methyl sites for hydroxylation is 1. The maximum atomic E-state index is 6.25. The summed E-state index contributed by atoms with van der Waals surface area (Å²) in [5.74, 6) is 0.430. The molecular weight excluding hydrogens is 437 g/mol. The molecule has 0 saturated carbocycles. The van der Waals surface area contributed by atoms with Gasteiger partial charge in [0.1, 0.15) is 0 Å². The maximum Gasteiger partial charge on any atom is 0.329 e. The van der Waals surface area contributed by atoms with Crippen molar-refractivity contribution in [2.75, 3.05) is 6.26 Å². The molecule has 0 amide bonds. The second-order valence-corrected chi connectivity index (χ2v) is 7.44. The van der Waals surface area contributed by atoms with E-state index in [2.05, 4.69) is 41.8 Å². The summed E-state index contributed by atoms with van der Waals surface area (Å²) >= 11 is 3.36. The Bertz CT molecular complexity index is 768. The molecule has 0 spiro atoms. The van der Waals surface area contributed by atoms with Gasteiger partial charge >= 0.3 is 5.17 Å². The minimum atomic E-state index is 0. The van der Waals surface area contributed by atoms with Crippen LogP contribution in [0.5, 0.6) is 0 Å². The molecule has 6 heteroatoms. The Morgan fingerprint density at radius 3 is 2.87 bits per heavy atom. The minimum Gasteiger partial charge on any atom is -1.00 e. The molecule has 0 saturated heterocycles. The number of nitrogens with two attached hydrogens (primary N) is 1. The van der Waals surface area contributed by atoms with Crippen LogP contribution in [0.4, 0.5) is 0 Å². The lowest BCUT2D eigenvalue weighted by Crippen LogP contribution is -3.00. The van der Waals surface area contributed by atoms with Crippen LogP contribution in [0.1, 0.15) is 28.5 Å². The molecule has 0 unspecified atom stereocenters. The number of amidine groups is 1. The highest BCUT2D eigenvalue weighted by Gasteiger charge is 2.44. The van der Waals surface area contributed by atoms with Gasteiger partial charge in [0, 0.05) is 5.56 Å². The molecule has 2 N–H and O–H groups in total. The Hall–Kier alpha value is -0.860. The number of benzene rings is 1. The van der Waals surface area contributed by atoms with Crippen LogP contribution < -0.4 is 29.7 Å². The van der Waals surface area contributed by atoms with Gasteiger partial charge in [-0.2, -0.15) is 0 Å². The van der Waals surface area contributed by atoms with Crippen LogP contribution in [0.3, 0.4) is 0 Å². The molecule has 0 radical (unpaired) electrons. The molecule has 4 rings (SSSR count). The van der Waals surface area contributed by atoms with E-state index < -0.39 is 0 Å². The van der Waals surface area contributed by atoms with Crippen molar-refractivity contribution in [2.45, 2.75) is 18.9 Å². The highest BCUT2D eigenvalue weighted by Crippen LogP contribution is 2.42. The Balaban J connectivity index is 0.00000156. The second-order valence-electron chi connectivity index (χ2n) is 5.63. The molecule has 23 heavy (non-hydrogen) atoms. The molecule has 0 fully saturated rings. The number of nitrogens with zero attached hydrogens (tertiary/aromatic N) is 2. The molecule has 1 aromatic carbocycles. The lowest BCUT2D eigenvalue weighted by Gasteiger charge is -2.24. The van der Waals surface area contributed by atoms with Gasteiger partial charge in [-0.1, -0.05) is 35.4 Å². The van der Waals surface area contributed by atoms with Crippen molar-refractivity contribution in [3.63, 3.8) is 0 Å². The van der Waals surface area contributed by atoms with Crippen LogP contribution in [-0.4, -0.2) is 21.8 Å². The van der Waals surface area contributed by atoms with Gasteiger partial charge in [0.2, 0.25) is 0 Å². The second kappa shape index (κ2) is 6.94. The van der Waals surface area contributed by atoms with Gasteiger partial charge in [0.05, 0.1) is 16.5 Å². The summed E-state index contributed by atoms with van der Waals surface area (Å²) in [6.45, 7) is 0. The smallest absolute Gasteiger partial charge is 0.329 e. The van der Waals surface area contributed by atoms with Gasteiger partial charge in [0.25, 0.3) is 0 Å². The highest BCUT2D eigenvalue weighted by atomic mass is 127. The van der Waals surface area contributed by atoms with Gasteiger partial charge in [-0.3, -0.25) is 5.73 Å².